The zero-order valence-corrected chi connectivity index (χ0v) is 10.9. The van der Waals surface area contributed by atoms with Crippen LogP contribution >= 0.6 is 0 Å². The minimum Gasteiger partial charge on any atom is -0.393 e. The minimum absolute atomic E-state index is 0.0442. The summed E-state index contributed by atoms with van der Waals surface area (Å²) in [5, 5.41) is 54.5. The first-order chi connectivity index (χ1) is 9.81. The van der Waals surface area contributed by atoms with Crippen molar-refractivity contribution in [2.45, 2.75) is 41.5 Å². The number of aliphatic hydroxyl groups excluding tert-OH is 3. The monoisotopic (exact) mass is 303 g/mol. The molecule has 5 rings (SSSR count). The van der Waals surface area contributed by atoms with Gasteiger partial charge in [-0.15, -0.1) is 0 Å². The average Bonchev–Trinajstić information content (AvgIpc) is 2.45. The Morgan fingerprint density at radius 3 is 2.62 bits per heavy atom. The molecule has 4 bridgehead atoms. The summed E-state index contributed by atoms with van der Waals surface area (Å²) in [7, 11) is 0. The van der Waals surface area contributed by atoms with Crippen molar-refractivity contribution >= 4 is 5.96 Å². The Morgan fingerprint density at radius 1 is 1.29 bits per heavy atom. The molecule has 1 saturated carbocycles. The van der Waals surface area contributed by atoms with Crippen LogP contribution in [0.5, 0.6) is 0 Å². The molecule has 0 aromatic heterocycles. The molecular formula is C11H17N3O7. The lowest BCUT2D eigenvalue weighted by molar-refractivity contribution is -0.556. The highest BCUT2D eigenvalue weighted by Crippen LogP contribution is 2.58. The van der Waals surface area contributed by atoms with E-state index in [0.717, 1.165) is 0 Å². The van der Waals surface area contributed by atoms with Gasteiger partial charge in [0.15, 0.2) is 11.6 Å². The summed E-state index contributed by atoms with van der Waals surface area (Å²) < 4.78 is 10.4. The van der Waals surface area contributed by atoms with Crippen LogP contribution in [0.2, 0.25) is 0 Å². The van der Waals surface area contributed by atoms with Gasteiger partial charge in [0.05, 0.1) is 19.3 Å². The second-order valence-corrected chi connectivity index (χ2v) is 6.03. The van der Waals surface area contributed by atoms with Crippen molar-refractivity contribution < 1.29 is 35.0 Å². The molecule has 0 amide bonds. The number of aliphatic imine (C=N–C) groups is 1. The maximum absolute atomic E-state index is 10.9. The number of nitrogens with zero attached hydrogens (tertiary/aromatic N) is 1. The number of nitrogens with two attached hydrogens (primary N) is 1. The van der Waals surface area contributed by atoms with E-state index in [1.165, 1.54) is 0 Å². The van der Waals surface area contributed by atoms with Crippen LogP contribution in [0.4, 0.5) is 0 Å². The third kappa shape index (κ3) is 1.19. The fraction of sp³-hybridized carbons (Fsp3) is 0.909. The number of guanidine groups is 1. The Labute approximate surface area is 118 Å². The molecule has 21 heavy (non-hydrogen) atoms. The van der Waals surface area contributed by atoms with E-state index in [2.05, 4.69) is 10.3 Å². The maximum Gasteiger partial charge on any atom is 0.316 e. The van der Waals surface area contributed by atoms with Gasteiger partial charge in [-0.2, -0.15) is 0 Å². The van der Waals surface area contributed by atoms with E-state index in [-0.39, 0.29) is 12.5 Å². The standard InChI is InChI=1S/C11H17N3O7/c12-8-13-1-3-5-4(16)6-7(17)10(3,14-8)9(18,2-15)11(19,20-5)21-6/h3-7,15-19H,1-2H2,(H3,12,13,14). The zero-order chi connectivity index (χ0) is 15.2. The Kier molecular flexibility index (Phi) is 2.38. The molecule has 0 aromatic rings. The zero-order valence-electron chi connectivity index (χ0n) is 10.9. The van der Waals surface area contributed by atoms with Gasteiger partial charge in [-0.3, -0.25) is 4.99 Å². The number of hydrogen-bond acceptors (Lipinski definition) is 10. The molecule has 4 aliphatic heterocycles. The Morgan fingerprint density at radius 2 is 1.95 bits per heavy atom. The van der Waals surface area contributed by atoms with Gasteiger partial charge >= 0.3 is 5.97 Å². The highest BCUT2D eigenvalue weighted by atomic mass is 16.9. The van der Waals surface area contributed by atoms with E-state index in [9.17, 15) is 25.5 Å². The van der Waals surface area contributed by atoms with Crippen molar-refractivity contribution in [2.75, 3.05) is 13.2 Å². The molecule has 8 unspecified atom stereocenters. The third-order valence-corrected chi connectivity index (χ3v) is 5.25. The first kappa shape index (κ1) is 13.6. The molecule has 8 N–H and O–H groups in total. The van der Waals surface area contributed by atoms with E-state index in [4.69, 9.17) is 15.2 Å². The molecule has 8 atom stereocenters. The summed E-state index contributed by atoms with van der Waals surface area (Å²) in [6.07, 6.45) is -4.73. The Balaban J connectivity index is 1.96. The van der Waals surface area contributed by atoms with Gasteiger partial charge < -0.3 is 46.1 Å². The quantitative estimate of drug-likeness (QED) is 0.251. The fourth-order valence-electron chi connectivity index (χ4n) is 4.24. The third-order valence-electron chi connectivity index (χ3n) is 5.25. The molecule has 1 aliphatic carbocycles. The highest BCUT2D eigenvalue weighted by molar-refractivity contribution is 5.80. The molecule has 10 nitrogen and oxygen atoms in total. The van der Waals surface area contributed by atoms with Crippen LogP contribution in [-0.2, 0) is 9.47 Å². The molecule has 1 spiro atoms. The van der Waals surface area contributed by atoms with Gasteiger partial charge in [0.2, 0.25) is 0 Å². The van der Waals surface area contributed by atoms with Crippen LogP contribution in [0.25, 0.3) is 0 Å². The van der Waals surface area contributed by atoms with Gasteiger partial charge in [-0.1, -0.05) is 0 Å². The lowest BCUT2D eigenvalue weighted by Gasteiger charge is -2.72. The van der Waals surface area contributed by atoms with Crippen LogP contribution in [0.3, 0.4) is 0 Å². The van der Waals surface area contributed by atoms with Gasteiger partial charge in [0.1, 0.15) is 23.9 Å². The minimum atomic E-state index is -2.56. The van der Waals surface area contributed by atoms with Crippen LogP contribution in [0, 0.1) is 5.92 Å². The van der Waals surface area contributed by atoms with Crippen molar-refractivity contribution in [3.05, 3.63) is 0 Å². The molecule has 4 heterocycles. The van der Waals surface area contributed by atoms with Crippen molar-refractivity contribution in [2.24, 2.45) is 16.6 Å². The molecular weight excluding hydrogens is 286 g/mol. The number of ether oxygens (including phenoxy) is 2. The summed E-state index contributed by atoms with van der Waals surface area (Å²) in [4.78, 5) is 3.99. The molecule has 3 saturated heterocycles. The van der Waals surface area contributed by atoms with Gasteiger partial charge in [0.25, 0.3) is 0 Å². The lowest BCUT2D eigenvalue weighted by Crippen LogP contribution is -2.97. The van der Waals surface area contributed by atoms with E-state index in [1.807, 2.05) is 0 Å². The van der Waals surface area contributed by atoms with E-state index in [1.54, 1.807) is 0 Å². The maximum atomic E-state index is 10.9. The number of nitrogens with one attached hydrogen (secondary N) is 1. The van der Waals surface area contributed by atoms with Crippen LogP contribution in [0.15, 0.2) is 4.99 Å². The average molecular weight is 303 g/mol. The van der Waals surface area contributed by atoms with Gasteiger partial charge in [-0.25, -0.2) is 0 Å². The highest BCUT2D eigenvalue weighted by Gasteiger charge is 2.84. The van der Waals surface area contributed by atoms with Gasteiger partial charge in [0, 0.05) is 5.92 Å². The van der Waals surface area contributed by atoms with Crippen LogP contribution in [0.1, 0.15) is 0 Å². The number of aliphatic hydroxyl groups is 5. The Hall–Kier alpha value is -1.01. The number of rotatable bonds is 1. The first-order valence-electron chi connectivity index (χ1n) is 6.66. The lowest BCUT2D eigenvalue weighted by atomic mass is 9.54. The van der Waals surface area contributed by atoms with Crippen molar-refractivity contribution in [1.29, 1.82) is 0 Å². The molecule has 118 valence electrons. The second kappa shape index (κ2) is 3.66. The summed E-state index contributed by atoms with van der Waals surface area (Å²) in [5.74, 6) is -3.30. The second-order valence-electron chi connectivity index (χ2n) is 6.03. The van der Waals surface area contributed by atoms with Crippen LogP contribution in [-0.4, -0.2) is 86.2 Å². The van der Waals surface area contributed by atoms with Crippen molar-refractivity contribution in [3.63, 3.8) is 0 Å². The summed E-state index contributed by atoms with van der Waals surface area (Å²) in [6, 6.07) is 0. The smallest absolute Gasteiger partial charge is 0.316 e. The molecule has 0 radical (unpaired) electrons. The van der Waals surface area contributed by atoms with E-state index < -0.39 is 54.1 Å². The topological polar surface area (TPSA) is 170 Å². The van der Waals surface area contributed by atoms with E-state index in [0.29, 0.717) is 0 Å². The normalized spacial score (nSPS) is 61.2. The fourth-order valence-corrected chi connectivity index (χ4v) is 4.24. The number of hydrogen-bond donors (Lipinski definition) is 7. The Bertz CT molecular complexity index is 532. The van der Waals surface area contributed by atoms with Gasteiger partial charge in [-0.05, 0) is 0 Å². The van der Waals surface area contributed by atoms with Crippen molar-refractivity contribution in [1.82, 2.24) is 5.32 Å². The summed E-state index contributed by atoms with van der Waals surface area (Å²) >= 11 is 0. The largest absolute Gasteiger partial charge is 0.393 e. The molecule has 10 heteroatoms. The predicted molar refractivity (Wildman–Crippen MR) is 64.6 cm³/mol. The SMILES string of the molecule is NC1=NCC2C3OC4(O)OC(C3O)C(O)C2(N1)C4(O)CO. The predicted octanol–water partition coefficient (Wildman–Crippen LogP) is -4.84. The van der Waals surface area contributed by atoms with Crippen LogP contribution < -0.4 is 11.1 Å². The first-order valence-corrected chi connectivity index (χ1v) is 6.66. The molecule has 5 aliphatic rings. The summed E-state index contributed by atoms with van der Waals surface area (Å²) in [6.45, 7) is -0.893. The molecule has 0 aromatic carbocycles. The molecule has 4 fully saturated rings. The van der Waals surface area contributed by atoms with E-state index >= 15 is 0 Å². The summed E-state index contributed by atoms with van der Waals surface area (Å²) in [5.41, 5.74) is 1.65. The van der Waals surface area contributed by atoms with Crippen molar-refractivity contribution in [3.8, 4) is 0 Å².